The van der Waals surface area contributed by atoms with E-state index in [4.69, 9.17) is 15.3 Å². The quantitative estimate of drug-likeness (QED) is 0.227. The molecule has 0 spiro atoms. The standard InChI is InChI=1S/C8H11NO6/c1-5(10)3-4-6(9-2)7(11)15-8(12,13)14/h4,12-14H,2-3H2,1H3/b6-4-. The van der Waals surface area contributed by atoms with Gasteiger partial charge >= 0.3 is 12.1 Å². The van der Waals surface area contributed by atoms with Crippen LogP contribution in [0.4, 0.5) is 0 Å². The van der Waals surface area contributed by atoms with E-state index < -0.39 is 17.8 Å². The molecule has 7 nitrogen and oxygen atoms in total. The number of aliphatic imine (C=N–C) groups is 1. The Morgan fingerprint density at radius 1 is 1.47 bits per heavy atom. The molecule has 0 bridgehead atoms. The summed E-state index contributed by atoms with van der Waals surface area (Å²) in [6.07, 6.45) is -2.57. The van der Waals surface area contributed by atoms with Gasteiger partial charge < -0.3 is 20.1 Å². The number of esters is 1. The van der Waals surface area contributed by atoms with Crippen LogP contribution in [-0.4, -0.2) is 39.9 Å². The maximum Gasteiger partial charge on any atom is 0.455 e. The number of carbonyl (C=O) groups is 2. The molecular formula is C8H11NO6. The number of nitrogens with zero attached hydrogens (tertiary/aromatic N) is 1. The molecule has 84 valence electrons. The fourth-order valence-electron chi connectivity index (χ4n) is 0.629. The Balaban J connectivity index is 4.55. The van der Waals surface area contributed by atoms with Gasteiger partial charge in [-0.05, 0) is 19.7 Å². The number of allylic oxidation sites excluding steroid dienone is 1. The van der Waals surface area contributed by atoms with Crippen LogP contribution in [0.5, 0.6) is 0 Å². The maximum absolute atomic E-state index is 11.0. The second-order valence-electron chi connectivity index (χ2n) is 2.62. The lowest BCUT2D eigenvalue weighted by Crippen LogP contribution is -2.34. The largest absolute Gasteiger partial charge is 0.455 e. The molecule has 0 unspecified atom stereocenters. The van der Waals surface area contributed by atoms with E-state index in [1.54, 1.807) is 0 Å². The SMILES string of the molecule is C=N/C(=C\CC(C)=O)C(=O)OC(O)(O)O. The van der Waals surface area contributed by atoms with E-state index in [2.05, 4.69) is 16.4 Å². The molecule has 0 aliphatic heterocycles. The predicted molar refractivity (Wildman–Crippen MR) is 48.4 cm³/mol. The summed E-state index contributed by atoms with van der Waals surface area (Å²) in [5.74, 6) is -1.54. The molecule has 0 fully saturated rings. The Morgan fingerprint density at radius 3 is 2.33 bits per heavy atom. The first-order chi connectivity index (χ1) is 6.76. The molecule has 0 aromatic carbocycles. The molecule has 0 saturated heterocycles. The number of hydrogen-bond donors (Lipinski definition) is 3. The van der Waals surface area contributed by atoms with Gasteiger partial charge in [-0.15, -0.1) is 0 Å². The van der Waals surface area contributed by atoms with E-state index in [1.807, 2.05) is 0 Å². The number of ketones is 1. The second-order valence-corrected chi connectivity index (χ2v) is 2.62. The molecule has 15 heavy (non-hydrogen) atoms. The lowest BCUT2D eigenvalue weighted by molar-refractivity contribution is -0.434. The zero-order chi connectivity index (χ0) is 12.1. The number of carbonyl (C=O) groups excluding carboxylic acids is 2. The van der Waals surface area contributed by atoms with Crippen LogP contribution >= 0.6 is 0 Å². The van der Waals surface area contributed by atoms with Crippen molar-refractivity contribution in [2.45, 2.75) is 19.5 Å². The molecule has 0 aliphatic carbocycles. The van der Waals surface area contributed by atoms with E-state index in [9.17, 15) is 9.59 Å². The summed E-state index contributed by atoms with van der Waals surface area (Å²) in [5, 5.41) is 25.0. The first kappa shape index (κ1) is 13.4. The van der Waals surface area contributed by atoms with Gasteiger partial charge in [-0.2, -0.15) is 0 Å². The van der Waals surface area contributed by atoms with Gasteiger partial charge in [0.1, 0.15) is 11.5 Å². The van der Waals surface area contributed by atoms with Crippen molar-refractivity contribution < 1.29 is 29.6 Å². The van der Waals surface area contributed by atoms with Crippen molar-refractivity contribution in [2.24, 2.45) is 4.99 Å². The fraction of sp³-hybridized carbons (Fsp3) is 0.375. The third-order valence-corrected chi connectivity index (χ3v) is 1.19. The lowest BCUT2D eigenvalue weighted by atomic mass is 10.2. The van der Waals surface area contributed by atoms with Gasteiger partial charge in [0.25, 0.3) is 0 Å². The summed E-state index contributed by atoms with van der Waals surface area (Å²) < 4.78 is 3.74. The highest BCUT2D eigenvalue weighted by Crippen LogP contribution is 2.06. The van der Waals surface area contributed by atoms with Gasteiger partial charge in [-0.1, -0.05) is 0 Å². The third kappa shape index (κ3) is 6.49. The zero-order valence-electron chi connectivity index (χ0n) is 8.01. The highest BCUT2D eigenvalue weighted by atomic mass is 16.9. The highest BCUT2D eigenvalue weighted by Gasteiger charge is 2.26. The maximum atomic E-state index is 11.0. The Bertz CT molecular complexity index is 301. The van der Waals surface area contributed by atoms with E-state index in [0.717, 1.165) is 6.08 Å². The molecule has 0 aliphatic rings. The normalized spacial score (nSPS) is 12.1. The molecule has 0 atom stereocenters. The van der Waals surface area contributed by atoms with Gasteiger partial charge in [0.15, 0.2) is 0 Å². The predicted octanol–water partition coefficient (Wildman–Crippen LogP) is -1.32. The van der Waals surface area contributed by atoms with Crippen LogP contribution in [0.2, 0.25) is 0 Å². The zero-order valence-corrected chi connectivity index (χ0v) is 8.01. The van der Waals surface area contributed by atoms with E-state index in [1.165, 1.54) is 6.92 Å². The van der Waals surface area contributed by atoms with Crippen LogP contribution in [0.3, 0.4) is 0 Å². The van der Waals surface area contributed by atoms with Crippen molar-refractivity contribution in [3.8, 4) is 0 Å². The Morgan fingerprint density at radius 2 is 2.00 bits per heavy atom. The molecule has 3 N–H and O–H groups in total. The van der Waals surface area contributed by atoms with E-state index in [0.29, 0.717) is 0 Å². The average Bonchev–Trinajstić information content (AvgIpc) is 2.01. The second kappa shape index (κ2) is 5.35. The summed E-state index contributed by atoms with van der Waals surface area (Å²) in [4.78, 5) is 24.7. The van der Waals surface area contributed by atoms with Crippen LogP contribution in [0.1, 0.15) is 13.3 Å². The smallest absolute Gasteiger partial charge is 0.379 e. The van der Waals surface area contributed by atoms with Crippen molar-refractivity contribution in [1.29, 1.82) is 0 Å². The minimum atomic E-state index is -3.57. The summed E-state index contributed by atoms with van der Waals surface area (Å²) >= 11 is 0. The summed E-state index contributed by atoms with van der Waals surface area (Å²) in [7, 11) is 0. The molecule has 0 radical (unpaired) electrons. The fourth-order valence-corrected chi connectivity index (χ4v) is 0.629. The molecular weight excluding hydrogens is 206 g/mol. The van der Waals surface area contributed by atoms with Crippen molar-refractivity contribution in [3.63, 3.8) is 0 Å². The van der Waals surface area contributed by atoms with E-state index >= 15 is 0 Å². The van der Waals surface area contributed by atoms with Crippen molar-refractivity contribution in [3.05, 3.63) is 11.8 Å². The highest BCUT2D eigenvalue weighted by molar-refractivity contribution is 5.90. The Kier molecular flexibility index (Phi) is 4.79. The van der Waals surface area contributed by atoms with Gasteiger partial charge in [-0.25, -0.2) is 4.79 Å². The van der Waals surface area contributed by atoms with Crippen molar-refractivity contribution >= 4 is 18.5 Å². The van der Waals surface area contributed by atoms with E-state index in [-0.39, 0.29) is 12.2 Å². The number of rotatable bonds is 5. The van der Waals surface area contributed by atoms with Crippen LogP contribution in [0, 0.1) is 0 Å². The molecule has 7 heteroatoms. The van der Waals surface area contributed by atoms with Crippen molar-refractivity contribution in [1.82, 2.24) is 0 Å². The Hall–Kier alpha value is -1.57. The average molecular weight is 217 g/mol. The first-order valence-corrected chi connectivity index (χ1v) is 3.83. The summed E-state index contributed by atoms with van der Waals surface area (Å²) in [6.45, 7) is 4.30. The molecule has 0 amide bonds. The molecule has 0 aromatic heterocycles. The Labute approximate surface area is 85.3 Å². The van der Waals surface area contributed by atoms with Gasteiger partial charge in [0.05, 0.1) is 0 Å². The monoisotopic (exact) mass is 217 g/mol. The summed E-state index contributed by atoms with van der Waals surface area (Å²) in [6, 6.07) is 0. The van der Waals surface area contributed by atoms with Crippen LogP contribution in [0.15, 0.2) is 16.8 Å². The van der Waals surface area contributed by atoms with Crippen LogP contribution in [0.25, 0.3) is 0 Å². The van der Waals surface area contributed by atoms with Crippen molar-refractivity contribution in [2.75, 3.05) is 0 Å². The van der Waals surface area contributed by atoms with Crippen LogP contribution < -0.4 is 0 Å². The minimum Gasteiger partial charge on any atom is -0.379 e. The summed E-state index contributed by atoms with van der Waals surface area (Å²) in [5.41, 5.74) is -0.397. The number of Topliss-reactive ketones (excluding diaryl/α,β-unsaturated/α-hetero) is 1. The third-order valence-electron chi connectivity index (χ3n) is 1.19. The molecule has 0 aromatic rings. The molecule has 0 heterocycles. The number of ether oxygens (including phenoxy) is 1. The molecule has 0 rings (SSSR count). The number of hydrogen-bond acceptors (Lipinski definition) is 7. The lowest BCUT2D eigenvalue weighted by Gasteiger charge is -2.13. The number of aliphatic hydroxyl groups is 3. The first-order valence-electron chi connectivity index (χ1n) is 3.83. The topological polar surface area (TPSA) is 116 Å². The van der Waals surface area contributed by atoms with Gasteiger partial charge in [-0.3, -0.25) is 9.79 Å². The van der Waals surface area contributed by atoms with Gasteiger partial charge in [0.2, 0.25) is 0 Å². The molecule has 0 saturated carbocycles. The minimum absolute atomic E-state index is 0.0846. The van der Waals surface area contributed by atoms with Gasteiger partial charge in [0, 0.05) is 6.42 Å². The van der Waals surface area contributed by atoms with Crippen LogP contribution in [-0.2, 0) is 14.3 Å².